The maximum absolute atomic E-state index is 13.2. The van der Waals surface area contributed by atoms with Gasteiger partial charge in [-0.05, 0) is 30.2 Å². The zero-order valence-corrected chi connectivity index (χ0v) is 20.2. The Balaban J connectivity index is 1.52. The average molecular weight is 494 g/mol. The van der Waals surface area contributed by atoms with E-state index in [1.807, 2.05) is 6.92 Å². The Kier molecular flexibility index (Phi) is 7.05. The number of rotatable bonds is 7. The Morgan fingerprint density at radius 1 is 1.06 bits per heavy atom. The second kappa shape index (κ2) is 10.2. The van der Waals surface area contributed by atoms with Crippen molar-refractivity contribution in [3.63, 3.8) is 0 Å². The van der Waals surface area contributed by atoms with E-state index in [1.165, 1.54) is 24.1 Å². The van der Waals surface area contributed by atoms with Crippen LogP contribution >= 0.6 is 0 Å². The third-order valence-corrected chi connectivity index (χ3v) is 6.48. The van der Waals surface area contributed by atoms with Crippen LogP contribution in [0.25, 0.3) is 0 Å². The summed E-state index contributed by atoms with van der Waals surface area (Å²) < 4.78 is 11.1. The van der Waals surface area contributed by atoms with Crippen LogP contribution < -0.4 is 15.0 Å². The predicted molar refractivity (Wildman–Crippen MR) is 128 cm³/mol. The molecular formula is C26H27N3O7. The van der Waals surface area contributed by atoms with Crippen LogP contribution in [0.5, 0.6) is 5.75 Å². The number of fused-ring (bicyclic) bond motifs is 2. The highest BCUT2D eigenvalue weighted by molar-refractivity contribution is 6.22. The summed E-state index contributed by atoms with van der Waals surface area (Å²) in [6.07, 6.45) is -0.443. The van der Waals surface area contributed by atoms with Crippen molar-refractivity contribution in [3.05, 3.63) is 59.7 Å². The first kappa shape index (κ1) is 24.9. The van der Waals surface area contributed by atoms with E-state index in [4.69, 9.17) is 9.47 Å². The van der Waals surface area contributed by atoms with Crippen LogP contribution in [0.2, 0.25) is 0 Å². The van der Waals surface area contributed by atoms with Gasteiger partial charge in [0.05, 0.1) is 23.4 Å². The number of benzene rings is 2. The van der Waals surface area contributed by atoms with E-state index in [0.717, 1.165) is 4.90 Å². The van der Waals surface area contributed by atoms with E-state index in [-0.39, 0.29) is 17.7 Å². The minimum absolute atomic E-state index is 0.0692. The number of amides is 4. The lowest BCUT2D eigenvalue weighted by Crippen LogP contribution is -2.52. The summed E-state index contributed by atoms with van der Waals surface area (Å²) in [5.41, 5.74) is 0.896. The largest absolute Gasteiger partial charge is 0.477 e. The SMILES string of the molecule is CC[C@H](C)[C@@H](C(=O)OCC(=O)N1CC(C(=O)NC)Oc2ccccc21)N1C(=O)c2ccccc2C1=O. The van der Waals surface area contributed by atoms with Crippen LogP contribution in [0, 0.1) is 5.92 Å². The highest BCUT2D eigenvalue weighted by atomic mass is 16.5. The van der Waals surface area contributed by atoms with Crippen molar-refractivity contribution < 1.29 is 33.4 Å². The van der Waals surface area contributed by atoms with Crippen LogP contribution in [0.4, 0.5) is 5.69 Å². The maximum atomic E-state index is 13.2. The minimum atomic E-state index is -1.19. The van der Waals surface area contributed by atoms with E-state index in [9.17, 15) is 24.0 Å². The number of ether oxygens (including phenoxy) is 2. The lowest BCUT2D eigenvalue weighted by molar-refractivity contribution is -0.153. The third kappa shape index (κ3) is 4.41. The van der Waals surface area contributed by atoms with Gasteiger partial charge < -0.3 is 19.7 Å². The molecule has 36 heavy (non-hydrogen) atoms. The van der Waals surface area contributed by atoms with Gasteiger partial charge in [-0.2, -0.15) is 0 Å². The minimum Gasteiger partial charge on any atom is -0.477 e. The van der Waals surface area contributed by atoms with Gasteiger partial charge in [-0.25, -0.2) is 4.79 Å². The molecule has 0 aliphatic carbocycles. The maximum Gasteiger partial charge on any atom is 0.330 e. The first-order valence-corrected chi connectivity index (χ1v) is 11.7. The molecule has 2 aliphatic heterocycles. The van der Waals surface area contributed by atoms with Crippen molar-refractivity contribution in [3.8, 4) is 5.75 Å². The molecule has 2 aliphatic rings. The monoisotopic (exact) mass is 493 g/mol. The Morgan fingerprint density at radius 3 is 2.28 bits per heavy atom. The lowest BCUT2D eigenvalue weighted by Gasteiger charge is -2.34. The van der Waals surface area contributed by atoms with E-state index >= 15 is 0 Å². The molecule has 10 nitrogen and oxygen atoms in total. The highest BCUT2D eigenvalue weighted by Crippen LogP contribution is 2.33. The van der Waals surface area contributed by atoms with Gasteiger partial charge in [-0.3, -0.25) is 24.1 Å². The van der Waals surface area contributed by atoms with Crippen molar-refractivity contribution in [1.29, 1.82) is 0 Å². The highest BCUT2D eigenvalue weighted by Gasteiger charge is 2.45. The molecule has 1 N–H and O–H groups in total. The number of imide groups is 1. The standard InChI is InChI=1S/C26H27N3O7/c1-4-15(2)22(29-24(32)16-9-5-6-10-17(16)25(29)33)26(34)35-14-21(30)28-13-20(23(31)27-3)36-19-12-8-7-11-18(19)28/h5-12,15,20,22H,4,13-14H2,1-3H3,(H,27,31)/t15-,20?,22-/m0/s1. The number of likely N-dealkylation sites (N-methyl/N-ethyl adjacent to an activating group) is 1. The average Bonchev–Trinajstić information content (AvgIpc) is 3.15. The molecule has 1 unspecified atom stereocenters. The number of carbonyl (C=O) groups is 5. The Bertz CT molecular complexity index is 1190. The lowest BCUT2D eigenvalue weighted by atomic mass is 9.97. The van der Waals surface area contributed by atoms with Gasteiger partial charge in [-0.15, -0.1) is 0 Å². The topological polar surface area (TPSA) is 122 Å². The summed E-state index contributed by atoms with van der Waals surface area (Å²) in [7, 11) is 1.47. The number of para-hydroxylation sites is 2. The molecular weight excluding hydrogens is 466 g/mol. The fourth-order valence-electron chi connectivity index (χ4n) is 4.34. The molecule has 4 amide bonds. The Labute approximate surface area is 208 Å². The summed E-state index contributed by atoms with van der Waals surface area (Å²) in [6.45, 7) is 2.87. The van der Waals surface area contributed by atoms with E-state index in [0.29, 0.717) is 17.9 Å². The van der Waals surface area contributed by atoms with Crippen molar-refractivity contribution >= 4 is 35.3 Å². The van der Waals surface area contributed by atoms with Gasteiger partial charge in [0.2, 0.25) is 0 Å². The van der Waals surface area contributed by atoms with Crippen molar-refractivity contribution in [2.45, 2.75) is 32.4 Å². The Morgan fingerprint density at radius 2 is 1.67 bits per heavy atom. The number of nitrogens with zero attached hydrogens (tertiary/aromatic N) is 2. The summed E-state index contributed by atoms with van der Waals surface area (Å²) >= 11 is 0. The molecule has 0 spiro atoms. The summed E-state index contributed by atoms with van der Waals surface area (Å²) in [5, 5.41) is 2.50. The zero-order chi connectivity index (χ0) is 26.0. The molecule has 2 aromatic rings. The zero-order valence-electron chi connectivity index (χ0n) is 20.2. The van der Waals surface area contributed by atoms with Crippen LogP contribution in [0.3, 0.4) is 0 Å². The number of esters is 1. The summed E-state index contributed by atoms with van der Waals surface area (Å²) in [6, 6.07) is 11.9. The van der Waals surface area contributed by atoms with Crippen LogP contribution in [0.1, 0.15) is 41.0 Å². The second-order valence-electron chi connectivity index (χ2n) is 8.66. The Hall–Kier alpha value is -4.21. The van der Waals surface area contributed by atoms with Gasteiger partial charge in [0.1, 0.15) is 11.8 Å². The molecule has 0 saturated heterocycles. The van der Waals surface area contributed by atoms with Crippen molar-refractivity contribution in [2.75, 3.05) is 25.1 Å². The molecule has 188 valence electrons. The number of hydrogen-bond acceptors (Lipinski definition) is 7. The number of nitrogens with one attached hydrogen (secondary N) is 1. The third-order valence-electron chi connectivity index (χ3n) is 6.48. The molecule has 0 bridgehead atoms. The van der Waals surface area contributed by atoms with Crippen LogP contribution in [-0.4, -0.2) is 66.8 Å². The molecule has 0 aromatic heterocycles. The van der Waals surface area contributed by atoms with Gasteiger partial charge >= 0.3 is 5.97 Å². The summed E-state index contributed by atoms with van der Waals surface area (Å²) in [5.74, 6) is -3.02. The summed E-state index contributed by atoms with van der Waals surface area (Å²) in [4.78, 5) is 66.7. The van der Waals surface area contributed by atoms with Crippen molar-refractivity contribution in [1.82, 2.24) is 10.2 Å². The molecule has 2 aromatic carbocycles. The number of anilines is 1. The molecule has 0 radical (unpaired) electrons. The first-order chi connectivity index (χ1) is 17.3. The van der Waals surface area contributed by atoms with E-state index in [2.05, 4.69) is 5.32 Å². The number of hydrogen-bond donors (Lipinski definition) is 1. The molecule has 4 rings (SSSR count). The van der Waals surface area contributed by atoms with Gasteiger partial charge in [0.25, 0.3) is 23.6 Å². The van der Waals surface area contributed by atoms with E-state index in [1.54, 1.807) is 43.3 Å². The van der Waals surface area contributed by atoms with Crippen LogP contribution in [-0.2, 0) is 19.1 Å². The van der Waals surface area contributed by atoms with Crippen molar-refractivity contribution in [2.24, 2.45) is 5.92 Å². The normalized spacial score (nSPS) is 18.0. The fourth-order valence-corrected chi connectivity index (χ4v) is 4.34. The fraction of sp³-hybridized carbons (Fsp3) is 0.346. The van der Waals surface area contributed by atoms with Gasteiger partial charge in [0.15, 0.2) is 12.7 Å². The van der Waals surface area contributed by atoms with E-state index < -0.39 is 54.3 Å². The smallest absolute Gasteiger partial charge is 0.330 e. The predicted octanol–water partition coefficient (Wildman–Crippen LogP) is 1.78. The first-order valence-electron chi connectivity index (χ1n) is 11.7. The second-order valence-corrected chi connectivity index (χ2v) is 8.66. The number of carbonyl (C=O) groups excluding carboxylic acids is 5. The van der Waals surface area contributed by atoms with Gasteiger partial charge in [-0.1, -0.05) is 44.5 Å². The molecule has 3 atom stereocenters. The van der Waals surface area contributed by atoms with Crippen LogP contribution in [0.15, 0.2) is 48.5 Å². The molecule has 0 saturated carbocycles. The van der Waals surface area contributed by atoms with Gasteiger partial charge in [0, 0.05) is 7.05 Å². The molecule has 10 heteroatoms. The quantitative estimate of drug-likeness (QED) is 0.461. The molecule has 0 fully saturated rings. The molecule has 2 heterocycles.